The molecule has 2 N–H and O–H groups in total. The zero-order chi connectivity index (χ0) is 13.4. The van der Waals surface area contributed by atoms with Gasteiger partial charge in [-0.3, -0.25) is 0 Å². The first kappa shape index (κ1) is 14.9. The van der Waals surface area contributed by atoms with Gasteiger partial charge in [-0.1, -0.05) is 6.92 Å². The van der Waals surface area contributed by atoms with Gasteiger partial charge >= 0.3 is 0 Å². The second kappa shape index (κ2) is 7.35. The molecule has 0 saturated carbocycles. The van der Waals surface area contributed by atoms with Crippen molar-refractivity contribution in [3.8, 4) is 5.75 Å². The van der Waals surface area contributed by atoms with Crippen LogP contribution in [0.4, 0.5) is 0 Å². The zero-order valence-electron chi connectivity index (χ0n) is 10.4. The van der Waals surface area contributed by atoms with E-state index in [2.05, 4.69) is 4.72 Å². The first-order chi connectivity index (χ1) is 8.56. The summed E-state index contributed by atoms with van der Waals surface area (Å²) in [5.74, 6) is 0.0434. The average molecular weight is 273 g/mol. The maximum Gasteiger partial charge on any atom is 0.240 e. The Hall–Kier alpha value is -1.11. The van der Waals surface area contributed by atoms with E-state index in [9.17, 15) is 8.42 Å². The Labute approximate surface area is 108 Å². The number of ether oxygens (including phenoxy) is 1. The molecular weight excluding hydrogens is 254 g/mol. The molecule has 0 amide bonds. The van der Waals surface area contributed by atoms with Crippen LogP contribution in [-0.4, -0.2) is 33.3 Å². The molecule has 18 heavy (non-hydrogen) atoms. The van der Waals surface area contributed by atoms with Crippen LogP contribution in [0.2, 0.25) is 0 Å². The van der Waals surface area contributed by atoms with Crippen LogP contribution in [0.1, 0.15) is 19.8 Å². The van der Waals surface area contributed by atoms with E-state index in [1.165, 1.54) is 24.3 Å². The lowest BCUT2D eigenvalue weighted by Gasteiger charge is -2.07. The Morgan fingerprint density at radius 2 is 1.89 bits per heavy atom. The highest BCUT2D eigenvalue weighted by molar-refractivity contribution is 7.89. The summed E-state index contributed by atoms with van der Waals surface area (Å²) < 4.78 is 31.3. The van der Waals surface area contributed by atoms with Gasteiger partial charge in [0, 0.05) is 19.8 Å². The van der Waals surface area contributed by atoms with Gasteiger partial charge in [-0.15, -0.1) is 0 Å². The predicted molar refractivity (Wildman–Crippen MR) is 69.0 cm³/mol. The highest BCUT2D eigenvalue weighted by Gasteiger charge is 2.12. The molecule has 0 heterocycles. The average Bonchev–Trinajstić information content (AvgIpc) is 2.34. The van der Waals surface area contributed by atoms with E-state index in [1.54, 1.807) is 0 Å². The third-order valence-corrected chi connectivity index (χ3v) is 3.73. The van der Waals surface area contributed by atoms with Gasteiger partial charge in [0.05, 0.1) is 4.90 Å². The van der Waals surface area contributed by atoms with E-state index in [0.717, 1.165) is 6.42 Å². The molecule has 0 fully saturated rings. The summed E-state index contributed by atoms with van der Waals surface area (Å²) in [6, 6.07) is 5.42. The predicted octanol–water partition coefficient (Wildman–Crippen LogP) is 1.49. The second-order valence-electron chi connectivity index (χ2n) is 3.86. The Kier molecular flexibility index (Phi) is 6.11. The molecule has 0 aliphatic rings. The molecule has 0 unspecified atom stereocenters. The van der Waals surface area contributed by atoms with E-state index >= 15 is 0 Å². The van der Waals surface area contributed by atoms with Crippen LogP contribution in [0.5, 0.6) is 5.75 Å². The van der Waals surface area contributed by atoms with Crippen LogP contribution in [-0.2, 0) is 14.8 Å². The molecular formula is C12H19NO4S. The Bertz CT molecular complexity index is 442. The topological polar surface area (TPSA) is 75.6 Å². The SMILES string of the molecule is CCCOCCCNS(=O)(=O)c1ccc(O)cc1. The number of hydrogen-bond acceptors (Lipinski definition) is 4. The molecule has 0 aliphatic carbocycles. The van der Waals surface area contributed by atoms with E-state index in [-0.39, 0.29) is 10.6 Å². The first-order valence-corrected chi connectivity index (χ1v) is 7.41. The van der Waals surface area contributed by atoms with Crippen molar-refractivity contribution in [2.45, 2.75) is 24.7 Å². The number of sulfonamides is 1. The molecule has 0 saturated heterocycles. The number of benzene rings is 1. The number of aromatic hydroxyl groups is 1. The first-order valence-electron chi connectivity index (χ1n) is 5.92. The fourth-order valence-electron chi connectivity index (χ4n) is 1.34. The van der Waals surface area contributed by atoms with Gasteiger partial charge in [0.25, 0.3) is 0 Å². The van der Waals surface area contributed by atoms with E-state index in [0.29, 0.717) is 26.2 Å². The quantitative estimate of drug-likeness (QED) is 0.704. The molecule has 6 heteroatoms. The number of phenols is 1. The van der Waals surface area contributed by atoms with Crippen LogP contribution in [0.25, 0.3) is 0 Å². The zero-order valence-corrected chi connectivity index (χ0v) is 11.2. The number of nitrogens with one attached hydrogen (secondary N) is 1. The van der Waals surface area contributed by atoms with Crippen molar-refractivity contribution >= 4 is 10.0 Å². The fraction of sp³-hybridized carbons (Fsp3) is 0.500. The van der Waals surface area contributed by atoms with Gasteiger partial charge in [-0.2, -0.15) is 0 Å². The van der Waals surface area contributed by atoms with Crippen LogP contribution in [0.15, 0.2) is 29.2 Å². The van der Waals surface area contributed by atoms with E-state index in [4.69, 9.17) is 9.84 Å². The molecule has 0 aliphatic heterocycles. The van der Waals surface area contributed by atoms with Gasteiger partial charge < -0.3 is 9.84 Å². The molecule has 0 radical (unpaired) electrons. The number of phenolic OH excluding ortho intramolecular Hbond substituents is 1. The van der Waals surface area contributed by atoms with Crippen LogP contribution in [0.3, 0.4) is 0 Å². The lowest BCUT2D eigenvalue weighted by atomic mass is 10.3. The molecule has 0 bridgehead atoms. The van der Waals surface area contributed by atoms with Crippen molar-refractivity contribution in [2.75, 3.05) is 19.8 Å². The summed E-state index contributed by atoms with van der Waals surface area (Å²) in [5, 5.41) is 9.09. The van der Waals surface area contributed by atoms with Crippen LogP contribution < -0.4 is 4.72 Å². The van der Waals surface area contributed by atoms with E-state index < -0.39 is 10.0 Å². The second-order valence-corrected chi connectivity index (χ2v) is 5.62. The summed E-state index contributed by atoms with van der Waals surface area (Å²) in [6.07, 6.45) is 1.59. The molecule has 102 valence electrons. The smallest absolute Gasteiger partial charge is 0.240 e. The lowest BCUT2D eigenvalue weighted by Crippen LogP contribution is -2.25. The fourth-order valence-corrected chi connectivity index (χ4v) is 2.41. The Morgan fingerprint density at radius 3 is 2.50 bits per heavy atom. The lowest BCUT2D eigenvalue weighted by molar-refractivity contribution is 0.133. The summed E-state index contributed by atoms with van der Waals surface area (Å²) >= 11 is 0. The number of hydrogen-bond donors (Lipinski definition) is 2. The van der Waals surface area contributed by atoms with Crippen molar-refractivity contribution in [3.05, 3.63) is 24.3 Å². The molecule has 1 rings (SSSR count). The largest absolute Gasteiger partial charge is 0.508 e. The molecule has 1 aromatic carbocycles. The normalized spacial score (nSPS) is 11.6. The molecule has 1 aromatic rings. The van der Waals surface area contributed by atoms with Crippen molar-refractivity contribution in [1.29, 1.82) is 0 Å². The Morgan fingerprint density at radius 1 is 1.22 bits per heavy atom. The Balaban J connectivity index is 2.38. The van der Waals surface area contributed by atoms with Crippen LogP contribution in [0, 0.1) is 0 Å². The molecule has 0 spiro atoms. The number of rotatable bonds is 8. The third kappa shape index (κ3) is 5.03. The van der Waals surface area contributed by atoms with Crippen molar-refractivity contribution in [2.24, 2.45) is 0 Å². The molecule has 0 aromatic heterocycles. The highest BCUT2D eigenvalue weighted by atomic mass is 32.2. The minimum absolute atomic E-state index is 0.0434. The van der Waals surface area contributed by atoms with Gasteiger partial charge in [0.15, 0.2) is 0 Å². The maximum atomic E-state index is 11.8. The van der Waals surface area contributed by atoms with E-state index in [1.807, 2.05) is 6.92 Å². The minimum Gasteiger partial charge on any atom is -0.508 e. The monoisotopic (exact) mass is 273 g/mol. The summed E-state index contributed by atoms with van der Waals surface area (Å²) in [4.78, 5) is 0.148. The van der Waals surface area contributed by atoms with Gasteiger partial charge in [0.1, 0.15) is 5.75 Å². The summed E-state index contributed by atoms with van der Waals surface area (Å²) in [5.41, 5.74) is 0. The van der Waals surface area contributed by atoms with Crippen molar-refractivity contribution < 1.29 is 18.3 Å². The molecule has 5 nitrogen and oxygen atoms in total. The summed E-state index contributed by atoms with van der Waals surface area (Å²) in [7, 11) is -3.49. The van der Waals surface area contributed by atoms with Gasteiger partial charge in [0.2, 0.25) is 10.0 Å². The third-order valence-electron chi connectivity index (χ3n) is 2.25. The van der Waals surface area contributed by atoms with Crippen molar-refractivity contribution in [3.63, 3.8) is 0 Å². The maximum absolute atomic E-state index is 11.8. The van der Waals surface area contributed by atoms with Gasteiger partial charge in [-0.25, -0.2) is 13.1 Å². The van der Waals surface area contributed by atoms with Crippen LogP contribution >= 0.6 is 0 Å². The highest BCUT2D eigenvalue weighted by Crippen LogP contribution is 2.13. The molecule has 0 atom stereocenters. The standard InChI is InChI=1S/C12H19NO4S/c1-2-9-17-10-3-8-13-18(15,16)12-6-4-11(14)5-7-12/h4-7,13-14H,2-3,8-10H2,1H3. The van der Waals surface area contributed by atoms with Gasteiger partial charge in [-0.05, 0) is 37.1 Å². The minimum atomic E-state index is -3.49. The van der Waals surface area contributed by atoms with Crippen molar-refractivity contribution in [1.82, 2.24) is 4.72 Å². The summed E-state index contributed by atoms with van der Waals surface area (Å²) in [6.45, 7) is 3.61.